The van der Waals surface area contributed by atoms with Crippen molar-refractivity contribution in [2.24, 2.45) is 5.92 Å². The van der Waals surface area contributed by atoms with E-state index in [1.165, 1.54) is 12.3 Å². The summed E-state index contributed by atoms with van der Waals surface area (Å²) >= 11 is 0. The number of rotatable bonds is 7. The molecule has 0 spiro atoms. The predicted octanol–water partition coefficient (Wildman–Crippen LogP) is 2.21. The van der Waals surface area contributed by atoms with E-state index < -0.39 is 0 Å². The van der Waals surface area contributed by atoms with Crippen LogP contribution in [0.1, 0.15) is 60.9 Å². The van der Waals surface area contributed by atoms with E-state index in [2.05, 4.69) is 29.5 Å². The largest absolute Gasteiger partial charge is 0.450 e. The van der Waals surface area contributed by atoms with E-state index >= 15 is 0 Å². The van der Waals surface area contributed by atoms with Crippen LogP contribution in [0.15, 0.2) is 18.3 Å². The van der Waals surface area contributed by atoms with E-state index in [-0.39, 0.29) is 29.6 Å². The number of carbonyl (C=O) groups excluding carboxylic acids is 3. The molecule has 0 radical (unpaired) electrons. The molecule has 154 valence electrons. The van der Waals surface area contributed by atoms with Crippen molar-refractivity contribution in [1.29, 1.82) is 0 Å². The Balaban J connectivity index is 1.86. The number of amides is 3. The average molecular weight is 390 g/mol. The van der Waals surface area contributed by atoms with Crippen LogP contribution >= 0.6 is 0 Å². The summed E-state index contributed by atoms with van der Waals surface area (Å²) in [5.41, 5.74) is 0.630. The van der Waals surface area contributed by atoms with Crippen LogP contribution in [0.3, 0.4) is 0 Å². The molecule has 2 heterocycles. The Morgan fingerprint density at radius 1 is 1.25 bits per heavy atom. The van der Waals surface area contributed by atoms with E-state index in [1.807, 2.05) is 0 Å². The Morgan fingerprint density at radius 2 is 1.96 bits per heavy atom. The number of likely N-dealkylation sites (tertiary alicyclic amines) is 1. The maximum absolute atomic E-state index is 12.5. The lowest BCUT2D eigenvalue weighted by Crippen LogP contribution is -2.46. The highest BCUT2D eigenvalue weighted by molar-refractivity contribution is 5.98. The number of piperidine rings is 1. The van der Waals surface area contributed by atoms with E-state index in [1.54, 1.807) is 17.9 Å². The highest BCUT2D eigenvalue weighted by atomic mass is 16.6. The number of pyridine rings is 1. The highest BCUT2D eigenvalue weighted by Gasteiger charge is 2.25. The van der Waals surface area contributed by atoms with Crippen LogP contribution in [-0.4, -0.2) is 60.1 Å². The van der Waals surface area contributed by atoms with Crippen LogP contribution in [-0.2, 0) is 4.74 Å². The number of carbonyl (C=O) groups is 3. The van der Waals surface area contributed by atoms with Gasteiger partial charge in [-0.1, -0.05) is 13.8 Å². The first-order valence-corrected chi connectivity index (χ1v) is 9.87. The topological polar surface area (TPSA) is 101 Å². The zero-order chi connectivity index (χ0) is 20.5. The molecule has 0 atom stereocenters. The summed E-state index contributed by atoms with van der Waals surface area (Å²) in [6.45, 7) is 7.99. The minimum absolute atomic E-state index is 0.0384. The van der Waals surface area contributed by atoms with Crippen molar-refractivity contribution in [2.75, 3.05) is 26.2 Å². The van der Waals surface area contributed by atoms with Gasteiger partial charge in [-0.2, -0.15) is 0 Å². The normalized spacial score (nSPS) is 14.6. The molecule has 1 saturated heterocycles. The van der Waals surface area contributed by atoms with Crippen LogP contribution < -0.4 is 10.6 Å². The van der Waals surface area contributed by atoms with Crippen LogP contribution in [0.4, 0.5) is 4.79 Å². The Morgan fingerprint density at radius 3 is 2.61 bits per heavy atom. The molecule has 1 fully saturated rings. The average Bonchev–Trinajstić information content (AvgIpc) is 2.68. The Hall–Kier alpha value is -2.64. The minimum Gasteiger partial charge on any atom is -0.450 e. The Bertz CT molecular complexity index is 685. The standard InChI is InChI=1S/C20H30N4O4/c1-4-28-20(27)24-11-7-16(8-12-24)23-19(26)17-13-15(6-10-21-17)18(25)22-9-5-14(2)3/h6,10,13-14,16H,4-5,7-9,11-12H2,1-3H3,(H,22,25)(H,23,26). The fourth-order valence-electron chi connectivity index (χ4n) is 2.95. The molecule has 0 bridgehead atoms. The number of ether oxygens (including phenoxy) is 1. The van der Waals surface area contributed by atoms with E-state index in [0.717, 1.165) is 6.42 Å². The zero-order valence-corrected chi connectivity index (χ0v) is 16.9. The van der Waals surface area contributed by atoms with Gasteiger partial charge in [0.05, 0.1) is 6.61 Å². The third-order valence-electron chi connectivity index (χ3n) is 4.62. The molecule has 1 aliphatic heterocycles. The molecule has 3 amide bonds. The van der Waals surface area contributed by atoms with Gasteiger partial charge in [0.15, 0.2) is 0 Å². The number of hydrogen-bond donors (Lipinski definition) is 2. The van der Waals surface area contributed by atoms with Crippen LogP contribution in [0, 0.1) is 5.92 Å². The lowest BCUT2D eigenvalue weighted by molar-refractivity contribution is 0.0856. The summed E-state index contributed by atoms with van der Waals surface area (Å²) in [6, 6.07) is 3.07. The van der Waals surface area contributed by atoms with Gasteiger partial charge >= 0.3 is 6.09 Å². The fourth-order valence-corrected chi connectivity index (χ4v) is 2.95. The number of nitrogens with one attached hydrogen (secondary N) is 2. The molecule has 1 aromatic rings. The highest BCUT2D eigenvalue weighted by Crippen LogP contribution is 2.12. The van der Waals surface area contributed by atoms with E-state index in [0.29, 0.717) is 50.6 Å². The lowest BCUT2D eigenvalue weighted by Gasteiger charge is -2.31. The second-order valence-electron chi connectivity index (χ2n) is 7.30. The first kappa shape index (κ1) is 21.7. The van der Waals surface area contributed by atoms with Crippen LogP contribution in [0.5, 0.6) is 0 Å². The summed E-state index contributed by atoms with van der Waals surface area (Å²) in [4.78, 5) is 42.2. The van der Waals surface area contributed by atoms with Crippen molar-refractivity contribution in [3.8, 4) is 0 Å². The smallest absolute Gasteiger partial charge is 0.409 e. The third kappa shape index (κ3) is 6.51. The van der Waals surface area contributed by atoms with Gasteiger partial charge in [0.2, 0.25) is 0 Å². The van der Waals surface area contributed by atoms with Crippen molar-refractivity contribution < 1.29 is 19.1 Å². The lowest BCUT2D eigenvalue weighted by atomic mass is 10.1. The Labute approximate surface area is 166 Å². The summed E-state index contributed by atoms with van der Waals surface area (Å²) in [7, 11) is 0. The molecule has 8 nitrogen and oxygen atoms in total. The molecular weight excluding hydrogens is 360 g/mol. The van der Waals surface area contributed by atoms with Gasteiger partial charge in [-0.05, 0) is 44.2 Å². The Kier molecular flexibility index (Phi) is 8.22. The molecule has 0 aliphatic carbocycles. The molecular formula is C20H30N4O4. The van der Waals surface area contributed by atoms with Gasteiger partial charge in [-0.25, -0.2) is 4.79 Å². The molecule has 1 aliphatic rings. The molecule has 8 heteroatoms. The SMILES string of the molecule is CCOC(=O)N1CCC(NC(=O)c2cc(C(=O)NCCC(C)C)ccn2)CC1. The van der Waals surface area contributed by atoms with Gasteiger partial charge in [0.1, 0.15) is 5.69 Å². The van der Waals surface area contributed by atoms with Crippen molar-refractivity contribution in [3.05, 3.63) is 29.6 Å². The molecule has 0 saturated carbocycles. The second-order valence-corrected chi connectivity index (χ2v) is 7.30. The van der Waals surface area contributed by atoms with E-state index in [4.69, 9.17) is 4.74 Å². The van der Waals surface area contributed by atoms with Gasteiger partial charge < -0.3 is 20.3 Å². The molecule has 0 aromatic carbocycles. The number of nitrogens with zero attached hydrogens (tertiary/aromatic N) is 2. The van der Waals surface area contributed by atoms with Crippen LogP contribution in [0.2, 0.25) is 0 Å². The van der Waals surface area contributed by atoms with Crippen molar-refractivity contribution >= 4 is 17.9 Å². The van der Waals surface area contributed by atoms with E-state index in [9.17, 15) is 14.4 Å². The summed E-state index contributed by atoms with van der Waals surface area (Å²) < 4.78 is 5.00. The van der Waals surface area contributed by atoms with Gasteiger partial charge in [-0.15, -0.1) is 0 Å². The number of aromatic nitrogens is 1. The molecule has 1 aromatic heterocycles. The fraction of sp³-hybridized carbons (Fsp3) is 0.600. The maximum atomic E-state index is 12.5. The summed E-state index contributed by atoms with van der Waals surface area (Å²) in [5, 5.41) is 5.79. The quantitative estimate of drug-likeness (QED) is 0.743. The van der Waals surface area contributed by atoms with Crippen molar-refractivity contribution in [3.63, 3.8) is 0 Å². The molecule has 28 heavy (non-hydrogen) atoms. The van der Waals surface area contributed by atoms with Crippen LogP contribution in [0.25, 0.3) is 0 Å². The first-order valence-electron chi connectivity index (χ1n) is 9.87. The zero-order valence-electron chi connectivity index (χ0n) is 16.9. The maximum Gasteiger partial charge on any atom is 0.409 e. The molecule has 0 unspecified atom stereocenters. The third-order valence-corrected chi connectivity index (χ3v) is 4.62. The summed E-state index contributed by atoms with van der Waals surface area (Å²) in [5.74, 6) is -0.0133. The minimum atomic E-state index is -0.315. The van der Waals surface area contributed by atoms with Crippen molar-refractivity contribution in [1.82, 2.24) is 20.5 Å². The van der Waals surface area contributed by atoms with Gasteiger partial charge in [0, 0.05) is 37.4 Å². The first-order chi connectivity index (χ1) is 13.4. The summed E-state index contributed by atoms with van der Waals surface area (Å²) in [6.07, 6.45) is 3.36. The van der Waals surface area contributed by atoms with Crippen molar-refractivity contribution in [2.45, 2.75) is 46.1 Å². The van der Waals surface area contributed by atoms with Gasteiger partial charge in [-0.3, -0.25) is 14.6 Å². The monoisotopic (exact) mass is 390 g/mol. The molecule has 2 rings (SSSR count). The van der Waals surface area contributed by atoms with Gasteiger partial charge in [0.25, 0.3) is 11.8 Å². The predicted molar refractivity (Wildman–Crippen MR) is 105 cm³/mol. The number of hydrogen-bond acceptors (Lipinski definition) is 5. The second kappa shape index (κ2) is 10.6. The molecule has 2 N–H and O–H groups in total.